The summed E-state index contributed by atoms with van der Waals surface area (Å²) < 4.78 is 15.8. The highest BCUT2D eigenvalue weighted by Crippen LogP contribution is 2.29. The lowest BCUT2D eigenvalue weighted by Gasteiger charge is -2.15. The number of halogens is 2. The fraction of sp³-hybridized carbons (Fsp3) is 0.263. The lowest BCUT2D eigenvalue weighted by molar-refractivity contribution is -0.123. The predicted octanol–water partition coefficient (Wildman–Crippen LogP) is 4.58. The van der Waals surface area contributed by atoms with Crippen molar-refractivity contribution in [3.05, 3.63) is 52.0 Å². The van der Waals surface area contributed by atoms with Crippen LogP contribution in [0.25, 0.3) is 0 Å². The second-order valence-corrected chi connectivity index (χ2v) is 6.30. The minimum atomic E-state index is -1.05. The van der Waals surface area contributed by atoms with E-state index in [4.69, 9.17) is 37.4 Å². The molecule has 1 atom stereocenters. The van der Waals surface area contributed by atoms with Crippen molar-refractivity contribution in [2.75, 3.05) is 19.0 Å². The molecule has 2 rings (SSSR count). The van der Waals surface area contributed by atoms with Gasteiger partial charge in [-0.1, -0.05) is 23.2 Å². The molecule has 1 amide bonds. The van der Waals surface area contributed by atoms with Crippen molar-refractivity contribution in [1.29, 1.82) is 0 Å². The Labute approximate surface area is 167 Å². The Balaban J connectivity index is 2.06. The molecular formula is C19H19Cl2NO5. The van der Waals surface area contributed by atoms with E-state index < -0.39 is 18.0 Å². The van der Waals surface area contributed by atoms with Crippen LogP contribution in [0.15, 0.2) is 36.4 Å². The number of nitrogens with one attached hydrogen (secondary N) is 1. The van der Waals surface area contributed by atoms with Crippen molar-refractivity contribution < 1.29 is 23.8 Å². The number of carbonyl (C=O) groups is 2. The number of benzene rings is 2. The second-order valence-electron chi connectivity index (χ2n) is 5.46. The molecule has 2 aromatic carbocycles. The van der Waals surface area contributed by atoms with E-state index in [1.54, 1.807) is 18.2 Å². The summed E-state index contributed by atoms with van der Waals surface area (Å²) in [5.74, 6) is -0.298. The topological polar surface area (TPSA) is 73.9 Å². The number of amides is 1. The molecule has 0 radical (unpaired) electrons. The Hall–Kier alpha value is -2.44. The molecule has 0 heterocycles. The number of carbonyl (C=O) groups excluding carboxylic acids is 2. The van der Waals surface area contributed by atoms with Gasteiger partial charge in [-0.25, -0.2) is 4.79 Å². The molecule has 144 valence electrons. The first kappa shape index (κ1) is 20.9. The van der Waals surface area contributed by atoms with Gasteiger partial charge in [-0.3, -0.25) is 4.79 Å². The van der Waals surface area contributed by atoms with Crippen LogP contribution in [0.4, 0.5) is 5.69 Å². The summed E-state index contributed by atoms with van der Waals surface area (Å²) in [6.07, 6.45) is -1.05. The van der Waals surface area contributed by atoms with Crippen molar-refractivity contribution in [3.8, 4) is 11.5 Å². The van der Waals surface area contributed by atoms with Crippen molar-refractivity contribution in [3.63, 3.8) is 0 Å². The molecule has 0 bridgehead atoms. The number of rotatable bonds is 7. The summed E-state index contributed by atoms with van der Waals surface area (Å²) in [6, 6.07) is 9.30. The molecule has 0 saturated heterocycles. The van der Waals surface area contributed by atoms with Crippen LogP contribution in [-0.4, -0.2) is 31.7 Å². The quantitative estimate of drug-likeness (QED) is 0.674. The maximum absolute atomic E-state index is 12.3. The molecular weight excluding hydrogens is 393 g/mol. The van der Waals surface area contributed by atoms with Crippen molar-refractivity contribution in [2.45, 2.75) is 20.0 Å². The van der Waals surface area contributed by atoms with Crippen LogP contribution in [0, 0.1) is 0 Å². The van der Waals surface area contributed by atoms with Gasteiger partial charge in [0.1, 0.15) is 0 Å². The number of anilines is 1. The van der Waals surface area contributed by atoms with Gasteiger partial charge in [-0.05, 0) is 50.2 Å². The first-order valence-electron chi connectivity index (χ1n) is 8.13. The standard InChI is InChI=1S/C19H19Cl2NO5/c1-4-26-16-8-5-12(9-17(16)25-3)19(24)27-11(2)18(23)22-15-10-13(20)6-7-14(15)21/h5-11H,4H2,1-3H3,(H,22,23)/t11-/m1/s1. The van der Waals surface area contributed by atoms with E-state index in [9.17, 15) is 9.59 Å². The Morgan fingerprint density at radius 1 is 1.11 bits per heavy atom. The van der Waals surface area contributed by atoms with Crippen LogP contribution in [0.1, 0.15) is 24.2 Å². The fourth-order valence-corrected chi connectivity index (χ4v) is 2.52. The van der Waals surface area contributed by atoms with Crippen LogP contribution in [0.2, 0.25) is 10.0 Å². The summed E-state index contributed by atoms with van der Waals surface area (Å²) in [5.41, 5.74) is 0.565. The van der Waals surface area contributed by atoms with E-state index in [-0.39, 0.29) is 5.56 Å². The smallest absolute Gasteiger partial charge is 0.339 e. The molecule has 0 unspecified atom stereocenters. The zero-order valence-corrected chi connectivity index (χ0v) is 16.6. The number of hydrogen-bond acceptors (Lipinski definition) is 5. The Morgan fingerprint density at radius 3 is 2.52 bits per heavy atom. The lowest BCUT2D eigenvalue weighted by atomic mass is 10.2. The summed E-state index contributed by atoms with van der Waals surface area (Å²) in [6.45, 7) is 3.76. The average Bonchev–Trinajstić information content (AvgIpc) is 2.65. The van der Waals surface area contributed by atoms with Gasteiger partial charge in [0.15, 0.2) is 17.6 Å². The highest BCUT2D eigenvalue weighted by atomic mass is 35.5. The second kappa shape index (κ2) is 9.48. The third-order valence-electron chi connectivity index (χ3n) is 3.54. The molecule has 6 nitrogen and oxygen atoms in total. The molecule has 0 saturated carbocycles. The number of methoxy groups -OCH3 is 1. The van der Waals surface area contributed by atoms with Gasteiger partial charge in [-0.2, -0.15) is 0 Å². The molecule has 0 aromatic heterocycles. The number of esters is 1. The largest absolute Gasteiger partial charge is 0.493 e. The van der Waals surface area contributed by atoms with Gasteiger partial charge in [0.25, 0.3) is 5.91 Å². The van der Waals surface area contributed by atoms with E-state index in [0.29, 0.717) is 33.8 Å². The van der Waals surface area contributed by atoms with Crippen LogP contribution < -0.4 is 14.8 Å². The Bertz CT molecular complexity index is 841. The monoisotopic (exact) mass is 411 g/mol. The van der Waals surface area contributed by atoms with Gasteiger partial charge in [0.2, 0.25) is 0 Å². The molecule has 0 aliphatic carbocycles. The van der Waals surface area contributed by atoms with Crippen LogP contribution >= 0.6 is 23.2 Å². The predicted molar refractivity (Wildman–Crippen MR) is 104 cm³/mol. The Kier molecular flexibility index (Phi) is 7.33. The van der Waals surface area contributed by atoms with Crippen LogP contribution in [0.3, 0.4) is 0 Å². The average molecular weight is 412 g/mol. The summed E-state index contributed by atoms with van der Waals surface area (Å²) in [7, 11) is 1.47. The molecule has 2 aromatic rings. The normalized spacial score (nSPS) is 11.4. The van der Waals surface area contributed by atoms with E-state index in [1.807, 2.05) is 6.92 Å². The van der Waals surface area contributed by atoms with E-state index in [2.05, 4.69) is 5.32 Å². The minimum Gasteiger partial charge on any atom is -0.493 e. The zero-order chi connectivity index (χ0) is 20.0. The van der Waals surface area contributed by atoms with Crippen molar-refractivity contribution in [2.24, 2.45) is 0 Å². The maximum atomic E-state index is 12.3. The minimum absolute atomic E-state index is 0.232. The lowest BCUT2D eigenvalue weighted by Crippen LogP contribution is -2.30. The molecule has 27 heavy (non-hydrogen) atoms. The number of hydrogen-bond donors (Lipinski definition) is 1. The van der Waals surface area contributed by atoms with Gasteiger partial charge in [-0.15, -0.1) is 0 Å². The molecule has 0 aliphatic rings. The number of ether oxygens (including phenoxy) is 3. The SMILES string of the molecule is CCOc1ccc(C(=O)O[C@H](C)C(=O)Nc2cc(Cl)ccc2Cl)cc1OC. The molecule has 1 N–H and O–H groups in total. The van der Waals surface area contributed by atoms with Gasteiger partial charge in [0.05, 0.1) is 30.0 Å². The Morgan fingerprint density at radius 2 is 1.85 bits per heavy atom. The van der Waals surface area contributed by atoms with Gasteiger partial charge >= 0.3 is 5.97 Å². The molecule has 0 spiro atoms. The highest BCUT2D eigenvalue weighted by molar-refractivity contribution is 6.35. The highest BCUT2D eigenvalue weighted by Gasteiger charge is 2.21. The van der Waals surface area contributed by atoms with E-state index >= 15 is 0 Å². The third-order valence-corrected chi connectivity index (χ3v) is 4.10. The molecule has 8 heteroatoms. The summed E-state index contributed by atoms with van der Waals surface area (Å²) >= 11 is 11.9. The first-order valence-corrected chi connectivity index (χ1v) is 8.89. The maximum Gasteiger partial charge on any atom is 0.339 e. The van der Waals surface area contributed by atoms with Gasteiger partial charge < -0.3 is 19.5 Å². The van der Waals surface area contributed by atoms with E-state index in [0.717, 1.165) is 0 Å². The van der Waals surface area contributed by atoms with Crippen molar-refractivity contribution >= 4 is 40.8 Å². The van der Waals surface area contributed by atoms with Crippen molar-refractivity contribution in [1.82, 2.24) is 0 Å². The van der Waals surface area contributed by atoms with Crippen LogP contribution in [0.5, 0.6) is 11.5 Å². The summed E-state index contributed by atoms with van der Waals surface area (Å²) in [5, 5.41) is 3.32. The summed E-state index contributed by atoms with van der Waals surface area (Å²) in [4.78, 5) is 24.6. The molecule has 0 fully saturated rings. The zero-order valence-electron chi connectivity index (χ0n) is 15.0. The third kappa shape index (κ3) is 5.52. The van der Waals surface area contributed by atoms with E-state index in [1.165, 1.54) is 32.2 Å². The fourth-order valence-electron chi connectivity index (χ4n) is 2.18. The molecule has 0 aliphatic heterocycles. The first-order chi connectivity index (χ1) is 12.8. The van der Waals surface area contributed by atoms with Crippen LogP contribution in [-0.2, 0) is 9.53 Å². The van der Waals surface area contributed by atoms with Gasteiger partial charge in [0, 0.05) is 5.02 Å².